The predicted octanol–water partition coefficient (Wildman–Crippen LogP) is -0.621. The van der Waals surface area contributed by atoms with Gasteiger partial charge in [-0.05, 0) is 0 Å². The largest absolute Gasteiger partial charge is 0.395 e. The molecule has 1 aliphatic rings. The van der Waals surface area contributed by atoms with Crippen molar-refractivity contribution < 1.29 is 19.4 Å². The Morgan fingerprint density at radius 3 is 2.69 bits per heavy atom. The molecule has 1 saturated heterocycles. The van der Waals surface area contributed by atoms with E-state index in [1.807, 2.05) is 0 Å². The highest BCUT2D eigenvalue weighted by Gasteiger charge is 2.21. The Morgan fingerprint density at radius 1 is 1.44 bits per heavy atom. The number of methoxy groups -OCH3 is 1. The van der Waals surface area contributed by atoms with Crippen molar-refractivity contribution in [2.75, 3.05) is 59.7 Å². The van der Waals surface area contributed by atoms with Gasteiger partial charge in [-0.3, -0.25) is 0 Å². The molecule has 16 heavy (non-hydrogen) atoms. The van der Waals surface area contributed by atoms with Crippen molar-refractivity contribution in [3.63, 3.8) is 0 Å². The fourth-order valence-electron chi connectivity index (χ4n) is 1.58. The number of aliphatic hydroxyl groups is 1. The van der Waals surface area contributed by atoms with Gasteiger partial charge in [0.15, 0.2) is 0 Å². The van der Waals surface area contributed by atoms with Crippen LogP contribution in [-0.4, -0.2) is 80.7 Å². The van der Waals surface area contributed by atoms with Crippen molar-refractivity contribution in [2.45, 2.75) is 0 Å². The number of amides is 2. The second kappa shape index (κ2) is 7.43. The quantitative estimate of drug-likeness (QED) is 0.686. The first-order chi connectivity index (χ1) is 7.79. The summed E-state index contributed by atoms with van der Waals surface area (Å²) in [7, 11) is 1.59. The minimum atomic E-state index is -0.0469. The van der Waals surface area contributed by atoms with Crippen LogP contribution in [0.5, 0.6) is 0 Å². The van der Waals surface area contributed by atoms with Gasteiger partial charge in [-0.1, -0.05) is 0 Å². The lowest BCUT2D eigenvalue weighted by Gasteiger charge is -2.32. The van der Waals surface area contributed by atoms with Crippen LogP contribution in [0, 0.1) is 0 Å². The Hall–Kier alpha value is -0.850. The topological polar surface area (TPSA) is 62.2 Å². The lowest BCUT2D eigenvalue weighted by molar-refractivity contribution is 0.0390. The Labute approximate surface area is 95.7 Å². The van der Waals surface area contributed by atoms with Gasteiger partial charge in [0.1, 0.15) is 0 Å². The third-order valence-corrected chi connectivity index (χ3v) is 2.49. The van der Waals surface area contributed by atoms with Crippen LogP contribution in [0.1, 0.15) is 0 Å². The molecule has 0 unspecified atom stereocenters. The highest BCUT2D eigenvalue weighted by molar-refractivity contribution is 5.74. The number of urea groups is 1. The van der Waals surface area contributed by atoms with E-state index >= 15 is 0 Å². The number of carbonyl (C=O) groups is 1. The standard InChI is InChI=1S/C10H20N2O4/c1-15-7-3-11(2-6-13)10(14)12-4-8-16-9-5-12/h13H,2-9H2,1H3. The van der Waals surface area contributed by atoms with Crippen LogP contribution in [0.2, 0.25) is 0 Å². The molecule has 1 N–H and O–H groups in total. The Morgan fingerprint density at radius 2 is 2.12 bits per heavy atom. The van der Waals surface area contributed by atoms with E-state index in [1.54, 1.807) is 16.9 Å². The first-order valence-corrected chi connectivity index (χ1v) is 5.51. The highest BCUT2D eigenvalue weighted by Crippen LogP contribution is 2.03. The molecule has 0 spiro atoms. The molecule has 0 aromatic carbocycles. The Bertz CT molecular complexity index is 207. The highest BCUT2D eigenvalue weighted by atomic mass is 16.5. The number of carbonyl (C=O) groups excluding carboxylic acids is 1. The van der Waals surface area contributed by atoms with Crippen LogP contribution in [0.25, 0.3) is 0 Å². The molecule has 0 radical (unpaired) electrons. The maximum atomic E-state index is 12.0. The minimum Gasteiger partial charge on any atom is -0.395 e. The molecular formula is C10H20N2O4. The molecule has 1 aliphatic heterocycles. The zero-order chi connectivity index (χ0) is 11.8. The van der Waals surface area contributed by atoms with Crippen LogP contribution in [0.15, 0.2) is 0 Å². The minimum absolute atomic E-state index is 0.0280. The van der Waals surface area contributed by atoms with Crippen molar-refractivity contribution in [2.24, 2.45) is 0 Å². The fraction of sp³-hybridized carbons (Fsp3) is 0.900. The normalized spacial score (nSPS) is 16.2. The summed E-state index contributed by atoms with van der Waals surface area (Å²) in [6.07, 6.45) is 0. The molecule has 1 heterocycles. The lowest BCUT2D eigenvalue weighted by atomic mass is 10.4. The predicted molar refractivity (Wildman–Crippen MR) is 58.3 cm³/mol. The number of morpholine rings is 1. The van der Waals surface area contributed by atoms with Crippen LogP contribution in [-0.2, 0) is 9.47 Å². The van der Waals surface area contributed by atoms with Gasteiger partial charge in [0.05, 0.1) is 26.4 Å². The SMILES string of the molecule is COCCN(CCO)C(=O)N1CCOCC1. The third kappa shape index (κ3) is 3.96. The zero-order valence-corrected chi connectivity index (χ0v) is 9.72. The Kier molecular flexibility index (Phi) is 6.14. The first-order valence-electron chi connectivity index (χ1n) is 5.51. The number of ether oxygens (including phenoxy) is 2. The van der Waals surface area contributed by atoms with Crippen LogP contribution in [0.3, 0.4) is 0 Å². The third-order valence-electron chi connectivity index (χ3n) is 2.49. The van der Waals surface area contributed by atoms with E-state index in [0.29, 0.717) is 46.0 Å². The molecule has 94 valence electrons. The molecule has 1 fully saturated rings. The van der Waals surface area contributed by atoms with Crippen molar-refractivity contribution in [1.29, 1.82) is 0 Å². The van der Waals surface area contributed by atoms with Crippen molar-refractivity contribution in [3.8, 4) is 0 Å². The monoisotopic (exact) mass is 232 g/mol. The van der Waals surface area contributed by atoms with Gasteiger partial charge >= 0.3 is 6.03 Å². The second-order valence-electron chi connectivity index (χ2n) is 3.59. The average molecular weight is 232 g/mol. The number of rotatable bonds is 5. The zero-order valence-electron chi connectivity index (χ0n) is 9.72. The van der Waals surface area contributed by atoms with Crippen LogP contribution >= 0.6 is 0 Å². The summed E-state index contributed by atoms with van der Waals surface area (Å²) in [6.45, 7) is 3.72. The van der Waals surface area contributed by atoms with Gasteiger partial charge in [0.25, 0.3) is 0 Å². The van der Waals surface area contributed by atoms with Crippen molar-refractivity contribution >= 4 is 6.03 Å². The van der Waals surface area contributed by atoms with Gasteiger partial charge in [0, 0.05) is 33.3 Å². The number of hydrogen-bond donors (Lipinski definition) is 1. The van der Waals surface area contributed by atoms with E-state index in [2.05, 4.69) is 0 Å². The lowest BCUT2D eigenvalue weighted by Crippen LogP contribution is -2.49. The maximum absolute atomic E-state index is 12.0. The van der Waals surface area contributed by atoms with Gasteiger partial charge in [0.2, 0.25) is 0 Å². The summed E-state index contributed by atoms with van der Waals surface area (Å²) in [5, 5.41) is 8.91. The molecule has 2 amide bonds. The van der Waals surface area contributed by atoms with E-state index in [0.717, 1.165) is 0 Å². The van der Waals surface area contributed by atoms with Crippen LogP contribution < -0.4 is 0 Å². The molecule has 0 saturated carbocycles. The van der Waals surface area contributed by atoms with Gasteiger partial charge in [-0.25, -0.2) is 4.79 Å². The molecule has 0 bridgehead atoms. The van der Waals surface area contributed by atoms with Crippen LogP contribution in [0.4, 0.5) is 4.79 Å². The second-order valence-corrected chi connectivity index (χ2v) is 3.59. The summed E-state index contributed by atoms with van der Waals surface area (Å²) >= 11 is 0. The van der Waals surface area contributed by atoms with E-state index in [-0.39, 0.29) is 12.6 Å². The fourth-order valence-corrected chi connectivity index (χ4v) is 1.58. The molecule has 0 atom stereocenters. The van der Waals surface area contributed by atoms with Crippen molar-refractivity contribution in [1.82, 2.24) is 9.80 Å². The van der Waals surface area contributed by atoms with Gasteiger partial charge in [-0.2, -0.15) is 0 Å². The van der Waals surface area contributed by atoms with E-state index in [1.165, 1.54) is 0 Å². The van der Waals surface area contributed by atoms with E-state index < -0.39 is 0 Å². The smallest absolute Gasteiger partial charge is 0.320 e. The molecule has 6 nitrogen and oxygen atoms in total. The van der Waals surface area contributed by atoms with E-state index in [9.17, 15) is 4.79 Å². The summed E-state index contributed by atoms with van der Waals surface area (Å²) in [5.41, 5.74) is 0. The van der Waals surface area contributed by atoms with Gasteiger partial charge < -0.3 is 24.4 Å². The van der Waals surface area contributed by atoms with Gasteiger partial charge in [-0.15, -0.1) is 0 Å². The average Bonchev–Trinajstić information content (AvgIpc) is 2.35. The molecule has 0 aliphatic carbocycles. The molecule has 6 heteroatoms. The molecule has 0 aromatic rings. The summed E-state index contributed by atoms with van der Waals surface area (Å²) in [6, 6.07) is -0.0469. The number of nitrogens with zero attached hydrogens (tertiary/aromatic N) is 2. The summed E-state index contributed by atoms with van der Waals surface area (Å²) < 4.78 is 10.1. The summed E-state index contributed by atoms with van der Waals surface area (Å²) in [5.74, 6) is 0. The first kappa shape index (κ1) is 13.2. The molecular weight excluding hydrogens is 212 g/mol. The number of aliphatic hydroxyl groups excluding tert-OH is 1. The summed E-state index contributed by atoms with van der Waals surface area (Å²) in [4.78, 5) is 15.4. The number of hydrogen-bond acceptors (Lipinski definition) is 4. The van der Waals surface area contributed by atoms with E-state index in [4.69, 9.17) is 14.6 Å². The maximum Gasteiger partial charge on any atom is 0.320 e. The molecule has 1 rings (SSSR count). The van der Waals surface area contributed by atoms with Crippen molar-refractivity contribution in [3.05, 3.63) is 0 Å². The molecule has 0 aromatic heterocycles. The Balaban J connectivity index is 2.44.